The molecule has 0 fully saturated rings. The Labute approximate surface area is 125 Å². The summed E-state index contributed by atoms with van der Waals surface area (Å²) < 4.78 is 0. The van der Waals surface area contributed by atoms with Gasteiger partial charge in [0.15, 0.2) is 22.5 Å². The SMILES string of the molecule is CCCNC(=O)NC(=N)NC(=O)c1nc(Cl)c(N)nc1N. The zero-order valence-corrected chi connectivity index (χ0v) is 11.9. The van der Waals surface area contributed by atoms with E-state index in [0.717, 1.165) is 6.42 Å². The first-order valence-corrected chi connectivity index (χ1v) is 6.26. The van der Waals surface area contributed by atoms with Crippen molar-refractivity contribution in [3.8, 4) is 0 Å². The number of nitrogens with one attached hydrogen (secondary N) is 4. The molecule has 1 heterocycles. The standard InChI is InChI=1S/C10H15ClN8O2/c1-2-3-15-10(21)19-9(14)18-8(20)4-6(12)17-7(13)5(11)16-4/h2-3H2,1H3,(H4,12,13,17)(H4,14,15,18,19,20,21). The summed E-state index contributed by atoms with van der Waals surface area (Å²) in [4.78, 5) is 30.4. The Morgan fingerprint density at radius 2 is 1.90 bits per heavy atom. The molecule has 114 valence electrons. The van der Waals surface area contributed by atoms with E-state index in [9.17, 15) is 9.59 Å². The van der Waals surface area contributed by atoms with Crippen molar-refractivity contribution < 1.29 is 9.59 Å². The summed E-state index contributed by atoms with van der Waals surface area (Å²) in [5, 5.41) is 13.9. The van der Waals surface area contributed by atoms with E-state index in [-0.39, 0.29) is 22.5 Å². The topological polar surface area (TPSA) is 172 Å². The first-order valence-electron chi connectivity index (χ1n) is 5.88. The molecule has 0 atom stereocenters. The second kappa shape index (κ2) is 7.24. The Morgan fingerprint density at radius 3 is 2.52 bits per heavy atom. The summed E-state index contributed by atoms with van der Waals surface area (Å²) in [6.45, 7) is 2.32. The molecule has 11 heteroatoms. The Balaban J connectivity index is 2.67. The average Bonchev–Trinajstić information content (AvgIpc) is 2.40. The van der Waals surface area contributed by atoms with Crippen LogP contribution in [0, 0.1) is 5.41 Å². The highest BCUT2D eigenvalue weighted by Crippen LogP contribution is 2.16. The Morgan fingerprint density at radius 1 is 1.24 bits per heavy atom. The van der Waals surface area contributed by atoms with E-state index in [1.165, 1.54) is 0 Å². The van der Waals surface area contributed by atoms with E-state index < -0.39 is 17.9 Å². The van der Waals surface area contributed by atoms with Crippen LogP contribution < -0.4 is 27.4 Å². The summed E-state index contributed by atoms with van der Waals surface area (Å²) >= 11 is 5.64. The molecule has 0 radical (unpaired) electrons. The molecule has 0 aromatic carbocycles. The lowest BCUT2D eigenvalue weighted by molar-refractivity contribution is 0.0972. The number of nitrogen functional groups attached to an aromatic ring is 2. The molecule has 0 saturated carbocycles. The number of aromatic nitrogens is 2. The van der Waals surface area contributed by atoms with Crippen molar-refractivity contribution >= 4 is 41.1 Å². The second-order valence-electron chi connectivity index (χ2n) is 3.84. The van der Waals surface area contributed by atoms with Crippen LogP contribution in [0.5, 0.6) is 0 Å². The van der Waals surface area contributed by atoms with Gasteiger partial charge in [-0.3, -0.25) is 20.8 Å². The van der Waals surface area contributed by atoms with Gasteiger partial charge in [0, 0.05) is 6.54 Å². The van der Waals surface area contributed by atoms with E-state index in [1.807, 2.05) is 6.92 Å². The molecule has 3 amide bonds. The third-order valence-electron chi connectivity index (χ3n) is 2.13. The van der Waals surface area contributed by atoms with Gasteiger partial charge < -0.3 is 16.8 Å². The fraction of sp³-hybridized carbons (Fsp3) is 0.300. The van der Waals surface area contributed by atoms with Gasteiger partial charge in [-0.15, -0.1) is 0 Å². The van der Waals surface area contributed by atoms with Crippen LogP contribution in [0.4, 0.5) is 16.4 Å². The second-order valence-corrected chi connectivity index (χ2v) is 4.20. The van der Waals surface area contributed by atoms with Crippen LogP contribution in [0.3, 0.4) is 0 Å². The average molecular weight is 315 g/mol. The van der Waals surface area contributed by atoms with Crippen molar-refractivity contribution in [1.82, 2.24) is 25.9 Å². The van der Waals surface area contributed by atoms with Crippen molar-refractivity contribution in [3.63, 3.8) is 0 Å². The summed E-state index contributed by atoms with van der Waals surface area (Å²) in [5.74, 6) is -1.74. The molecule has 21 heavy (non-hydrogen) atoms. The number of rotatable bonds is 3. The lowest BCUT2D eigenvalue weighted by Gasteiger charge is -2.10. The van der Waals surface area contributed by atoms with Crippen LogP contribution in [0.1, 0.15) is 23.8 Å². The molecule has 0 aliphatic heterocycles. The van der Waals surface area contributed by atoms with E-state index in [4.69, 9.17) is 28.5 Å². The number of halogens is 1. The van der Waals surface area contributed by atoms with Gasteiger partial charge in [-0.2, -0.15) is 0 Å². The van der Waals surface area contributed by atoms with Crippen LogP contribution in [-0.4, -0.2) is 34.4 Å². The van der Waals surface area contributed by atoms with Gasteiger partial charge in [0.25, 0.3) is 5.91 Å². The molecule has 0 bridgehead atoms. The fourth-order valence-electron chi connectivity index (χ4n) is 1.21. The molecular formula is C10H15ClN8O2. The number of guanidine groups is 1. The van der Waals surface area contributed by atoms with Crippen molar-refractivity contribution in [2.45, 2.75) is 13.3 Å². The predicted octanol–water partition coefficient (Wildman–Crippen LogP) is -0.332. The van der Waals surface area contributed by atoms with Gasteiger partial charge >= 0.3 is 6.03 Å². The number of hydrogen-bond donors (Lipinski definition) is 6. The molecule has 1 rings (SSSR count). The van der Waals surface area contributed by atoms with Gasteiger partial charge in [0.05, 0.1) is 0 Å². The van der Waals surface area contributed by atoms with Crippen LogP contribution in [0.25, 0.3) is 0 Å². The maximum atomic E-state index is 11.8. The predicted molar refractivity (Wildman–Crippen MR) is 77.9 cm³/mol. The lowest BCUT2D eigenvalue weighted by atomic mass is 10.4. The first-order chi connectivity index (χ1) is 9.85. The Bertz CT molecular complexity index is 576. The van der Waals surface area contributed by atoms with Crippen LogP contribution >= 0.6 is 11.6 Å². The van der Waals surface area contributed by atoms with Gasteiger partial charge in [-0.1, -0.05) is 18.5 Å². The number of carbonyl (C=O) groups excluding carboxylic acids is 2. The minimum Gasteiger partial charge on any atom is -0.382 e. The molecule has 8 N–H and O–H groups in total. The van der Waals surface area contributed by atoms with Crippen LogP contribution in [0.2, 0.25) is 5.15 Å². The smallest absolute Gasteiger partial charge is 0.321 e. The van der Waals surface area contributed by atoms with Gasteiger partial charge in [-0.25, -0.2) is 14.8 Å². The van der Waals surface area contributed by atoms with Gasteiger partial charge in [0.1, 0.15) is 0 Å². The highest BCUT2D eigenvalue weighted by molar-refractivity contribution is 6.31. The minimum absolute atomic E-state index is 0.113. The number of hydrogen-bond acceptors (Lipinski definition) is 7. The van der Waals surface area contributed by atoms with E-state index in [1.54, 1.807) is 0 Å². The third-order valence-corrected chi connectivity index (χ3v) is 2.41. The monoisotopic (exact) mass is 314 g/mol. The molecule has 1 aromatic heterocycles. The maximum Gasteiger partial charge on any atom is 0.321 e. The Kier molecular flexibility index (Phi) is 5.67. The number of carbonyl (C=O) groups is 2. The lowest BCUT2D eigenvalue weighted by Crippen LogP contribution is -2.47. The van der Waals surface area contributed by atoms with Gasteiger partial charge in [-0.05, 0) is 6.42 Å². The fourth-order valence-corrected chi connectivity index (χ4v) is 1.34. The molecular weight excluding hydrogens is 300 g/mol. The summed E-state index contributed by atoms with van der Waals surface area (Å²) in [6, 6.07) is -0.614. The molecule has 1 aromatic rings. The largest absolute Gasteiger partial charge is 0.382 e. The normalized spacial score (nSPS) is 9.81. The summed E-state index contributed by atoms with van der Waals surface area (Å²) in [7, 11) is 0. The minimum atomic E-state index is -0.845. The molecule has 0 unspecified atom stereocenters. The van der Waals surface area contributed by atoms with Crippen molar-refractivity contribution in [2.75, 3.05) is 18.0 Å². The Hall–Kier alpha value is -2.62. The number of amides is 3. The van der Waals surface area contributed by atoms with Crippen molar-refractivity contribution in [2.24, 2.45) is 0 Å². The summed E-state index contributed by atoms with van der Waals surface area (Å²) in [5.41, 5.74) is 10.6. The molecule has 0 spiro atoms. The number of nitrogens with two attached hydrogens (primary N) is 2. The first kappa shape index (κ1) is 16.4. The molecule has 10 nitrogen and oxygen atoms in total. The molecule has 0 aliphatic rings. The number of nitrogens with zero attached hydrogens (tertiary/aromatic N) is 2. The third kappa shape index (κ3) is 4.76. The van der Waals surface area contributed by atoms with Crippen LogP contribution in [0.15, 0.2) is 0 Å². The quantitative estimate of drug-likeness (QED) is 0.329. The van der Waals surface area contributed by atoms with Crippen molar-refractivity contribution in [1.29, 1.82) is 5.41 Å². The summed E-state index contributed by atoms with van der Waals surface area (Å²) in [6.07, 6.45) is 0.739. The van der Waals surface area contributed by atoms with E-state index in [0.29, 0.717) is 6.54 Å². The van der Waals surface area contributed by atoms with E-state index >= 15 is 0 Å². The maximum absolute atomic E-state index is 11.8. The zero-order chi connectivity index (χ0) is 16.0. The number of urea groups is 1. The highest BCUT2D eigenvalue weighted by Gasteiger charge is 2.17. The highest BCUT2D eigenvalue weighted by atomic mass is 35.5. The van der Waals surface area contributed by atoms with Gasteiger partial charge in [0.2, 0.25) is 5.96 Å². The van der Waals surface area contributed by atoms with Crippen LogP contribution in [-0.2, 0) is 0 Å². The van der Waals surface area contributed by atoms with E-state index in [2.05, 4.69) is 25.9 Å². The molecule has 0 aliphatic carbocycles. The zero-order valence-electron chi connectivity index (χ0n) is 11.2. The van der Waals surface area contributed by atoms with Crippen molar-refractivity contribution in [3.05, 3.63) is 10.8 Å². The molecule has 0 saturated heterocycles. The number of anilines is 2.